The van der Waals surface area contributed by atoms with E-state index < -0.39 is 0 Å². The molecule has 7 nitrogen and oxygen atoms in total. The number of fused-ring (bicyclic) bond motifs is 1. The van der Waals surface area contributed by atoms with E-state index in [0.29, 0.717) is 12.2 Å². The standard InChI is InChI=1S/C25H27N5O2/c31-24(27-15-10-19-4-3-14-26-18-19)21-7-8-23(29-28-21)30-16-12-25(13-17-30)11-9-20-5-1-2-6-22(20)32-25/h1-8,14,18H,9-13,15-17H2,(H,27,31). The first-order valence-corrected chi connectivity index (χ1v) is 11.2. The van der Waals surface area contributed by atoms with Crippen molar-refractivity contribution in [3.05, 3.63) is 77.7 Å². The molecule has 0 saturated carbocycles. The molecule has 2 aliphatic heterocycles. The first kappa shape index (κ1) is 20.4. The number of hydrogen-bond donors (Lipinski definition) is 1. The number of hydrogen-bond acceptors (Lipinski definition) is 6. The third-order valence-electron chi connectivity index (χ3n) is 6.45. The van der Waals surface area contributed by atoms with Gasteiger partial charge in [0.15, 0.2) is 11.5 Å². The number of carbonyl (C=O) groups is 1. The van der Waals surface area contributed by atoms with E-state index in [2.05, 4.69) is 43.6 Å². The Morgan fingerprint density at radius 1 is 1.03 bits per heavy atom. The SMILES string of the molecule is O=C(NCCc1cccnc1)c1ccc(N2CCC3(CCc4ccccc4O3)CC2)nn1. The fourth-order valence-corrected chi connectivity index (χ4v) is 4.52. The Morgan fingerprint density at radius 3 is 2.69 bits per heavy atom. The number of amides is 1. The van der Waals surface area contributed by atoms with E-state index in [4.69, 9.17) is 4.74 Å². The summed E-state index contributed by atoms with van der Waals surface area (Å²) in [6.45, 7) is 2.27. The minimum atomic E-state index is -0.209. The molecular formula is C25H27N5O2. The highest BCUT2D eigenvalue weighted by Crippen LogP contribution is 2.39. The first-order valence-electron chi connectivity index (χ1n) is 11.2. The lowest BCUT2D eigenvalue weighted by molar-refractivity contribution is 0.0224. The van der Waals surface area contributed by atoms with Crippen LogP contribution >= 0.6 is 0 Å². The van der Waals surface area contributed by atoms with Gasteiger partial charge in [-0.3, -0.25) is 9.78 Å². The highest BCUT2D eigenvalue weighted by atomic mass is 16.5. The molecule has 1 spiro atoms. The van der Waals surface area contributed by atoms with Gasteiger partial charge in [0.1, 0.15) is 11.4 Å². The summed E-state index contributed by atoms with van der Waals surface area (Å²) in [6, 6.07) is 15.9. The molecule has 1 saturated heterocycles. The molecule has 32 heavy (non-hydrogen) atoms. The van der Waals surface area contributed by atoms with Crippen LogP contribution in [-0.4, -0.2) is 46.3 Å². The van der Waals surface area contributed by atoms with E-state index in [1.165, 1.54) is 5.56 Å². The van der Waals surface area contributed by atoms with Gasteiger partial charge in [0.05, 0.1) is 0 Å². The Morgan fingerprint density at radius 2 is 1.91 bits per heavy atom. The van der Waals surface area contributed by atoms with Crippen LogP contribution in [0.4, 0.5) is 5.82 Å². The predicted molar refractivity (Wildman–Crippen MR) is 122 cm³/mol. The lowest BCUT2D eigenvalue weighted by atomic mass is 9.83. The van der Waals surface area contributed by atoms with Crippen LogP contribution in [0.5, 0.6) is 5.75 Å². The monoisotopic (exact) mass is 429 g/mol. The molecule has 0 aliphatic carbocycles. The van der Waals surface area contributed by atoms with Crippen LogP contribution in [0.3, 0.4) is 0 Å². The van der Waals surface area contributed by atoms with Gasteiger partial charge >= 0.3 is 0 Å². The van der Waals surface area contributed by atoms with Crippen molar-refractivity contribution in [2.75, 3.05) is 24.5 Å². The quantitative estimate of drug-likeness (QED) is 0.671. The number of aryl methyl sites for hydroxylation is 1. The summed E-state index contributed by atoms with van der Waals surface area (Å²) in [5, 5.41) is 11.4. The van der Waals surface area contributed by atoms with Gasteiger partial charge in [0.25, 0.3) is 5.91 Å². The van der Waals surface area contributed by atoms with E-state index in [1.807, 2.05) is 24.3 Å². The van der Waals surface area contributed by atoms with Crippen LogP contribution in [0, 0.1) is 0 Å². The normalized spacial score (nSPS) is 16.8. The second-order valence-corrected chi connectivity index (χ2v) is 8.52. The van der Waals surface area contributed by atoms with Crippen LogP contribution in [-0.2, 0) is 12.8 Å². The fraction of sp³-hybridized carbons (Fsp3) is 0.360. The molecule has 1 amide bonds. The van der Waals surface area contributed by atoms with Crippen LogP contribution in [0.25, 0.3) is 0 Å². The summed E-state index contributed by atoms with van der Waals surface area (Å²) < 4.78 is 6.45. The van der Waals surface area contributed by atoms with Crippen molar-refractivity contribution >= 4 is 11.7 Å². The minimum absolute atomic E-state index is 0.0770. The molecule has 0 unspecified atom stereocenters. The van der Waals surface area contributed by atoms with Crippen LogP contribution < -0.4 is 15.0 Å². The van der Waals surface area contributed by atoms with Crippen molar-refractivity contribution in [2.45, 2.75) is 37.7 Å². The molecule has 1 N–H and O–H groups in total. The Balaban J connectivity index is 1.14. The predicted octanol–water partition coefficient (Wildman–Crippen LogP) is 3.21. The molecule has 7 heteroatoms. The number of piperidine rings is 1. The molecule has 0 bridgehead atoms. The topological polar surface area (TPSA) is 80.2 Å². The van der Waals surface area contributed by atoms with Crippen LogP contribution in [0.1, 0.15) is 40.9 Å². The zero-order chi connectivity index (χ0) is 21.8. The number of pyridine rings is 1. The van der Waals surface area contributed by atoms with Crippen molar-refractivity contribution in [1.29, 1.82) is 0 Å². The second-order valence-electron chi connectivity index (χ2n) is 8.52. The van der Waals surface area contributed by atoms with Gasteiger partial charge in [-0.15, -0.1) is 10.2 Å². The van der Waals surface area contributed by atoms with Gasteiger partial charge in [-0.1, -0.05) is 24.3 Å². The Hall–Kier alpha value is -3.48. The average Bonchev–Trinajstić information content (AvgIpc) is 2.85. The first-order chi connectivity index (χ1) is 15.7. The molecule has 1 aromatic carbocycles. The lowest BCUT2D eigenvalue weighted by Crippen LogP contribution is -2.50. The number of benzene rings is 1. The summed E-state index contributed by atoms with van der Waals surface area (Å²) in [4.78, 5) is 18.7. The van der Waals surface area contributed by atoms with Gasteiger partial charge in [0.2, 0.25) is 0 Å². The summed E-state index contributed by atoms with van der Waals surface area (Å²) in [6.07, 6.45) is 8.32. The lowest BCUT2D eigenvalue weighted by Gasteiger charge is -2.44. The van der Waals surface area contributed by atoms with Gasteiger partial charge in [-0.05, 0) is 54.7 Å². The number of para-hydroxylation sites is 1. The molecule has 164 valence electrons. The van der Waals surface area contributed by atoms with E-state index in [-0.39, 0.29) is 11.5 Å². The molecule has 2 aliphatic rings. The number of nitrogens with zero attached hydrogens (tertiary/aromatic N) is 4. The maximum absolute atomic E-state index is 12.4. The van der Waals surface area contributed by atoms with Gasteiger partial charge in [-0.25, -0.2) is 0 Å². The zero-order valence-corrected chi connectivity index (χ0v) is 18.0. The third-order valence-corrected chi connectivity index (χ3v) is 6.45. The Labute approximate surface area is 187 Å². The molecule has 0 radical (unpaired) electrons. The molecular weight excluding hydrogens is 402 g/mol. The maximum Gasteiger partial charge on any atom is 0.271 e. The summed E-state index contributed by atoms with van der Waals surface area (Å²) >= 11 is 0. The minimum Gasteiger partial charge on any atom is -0.487 e. The molecule has 4 heterocycles. The Kier molecular flexibility index (Phi) is 5.71. The summed E-state index contributed by atoms with van der Waals surface area (Å²) in [5.74, 6) is 1.63. The van der Waals surface area contributed by atoms with Crippen molar-refractivity contribution < 1.29 is 9.53 Å². The van der Waals surface area contributed by atoms with E-state index >= 15 is 0 Å². The smallest absolute Gasteiger partial charge is 0.271 e. The largest absolute Gasteiger partial charge is 0.487 e. The van der Waals surface area contributed by atoms with Crippen molar-refractivity contribution in [3.8, 4) is 5.75 Å². The van der Waals surface area contributed by atoms with E-state index in [1.54, 1.807) is 18.5 Å². The van der Waals surface area contributed by atoms with E-state index in [0.717, 1.165) is 62.3 Å². The molecule has 1 fully saturated rings. The number of carbonyl (C=O) groups excluding carboxylic acids is 1. The van der Waals surface area contributed by atoms with Crippen molar-refractivity contribution in [3.63, 3.8) is 0 Å². The zero-order valence-electron chi connectivity index (χ0n) is 18.0. The molecule has 2 aromatic heterocycles. The molecule has 0 atom stereocenters. The number of ether oxygens (including phenoxy) is 1. The molecule has 5 rings (SSSR count). The fourth-order valence-electron chi connectivity index (χ4n) is 4.52. The maximum atomic E-state index is 12.4. The van der Waals surface area contributed by atoms with Gasteiger partial charge in [-0.2, -0.15) is 0 Å². The summed E-state index contributed by atoms with van der Waals surface area (Å²) in [7, 11) is 0. The van der Waals surface area contributed by atoms with E-state index in [9.17, 15) is 4.79 Å². The number of rotatable bonds is 5. The second kappa shape index (κ2) is 8.94. The van der Waals surface area contributed by atoms with Crippen molar-refractivity contribution in [2.24, 2.45) is 0 Å². The Bertz CT molecular complexity index is 1060. The van der Waals surface area contributed by atoms with Gasteiger partial charge in [0, 0.05) is 44.9 Å². The average molecular weight is 430 g/mol. The van der Waals surface area contributed by atoms with Crippen LogP contribution in [0.15, 0.2) is 60.9 Å². The highest BCUT2D eigenvalue weighted by molar-refractivity contribution is 5.92. The number of nitrogens with one attached hydrogen (secondary N) is 1. The highest BCUT2D eigenvalue weighted by Gasteiger charge is 2.39. The number of anilines is 1. The third kappa shape index (κ3) is 4.42. The number of aromatic nitrogens is 3. The summed E-state index contributed by atoms with van der Waals surface area (Å²) in [5.41, 5.74) is 2.65. The molecule has 3 aromatic rings. The van der Waals surface area contributed by atoms with Crippen LogP contribution in [0.2, 0.25) is 0 Å². The van der Waals surface area contributed by atoms with Crippen molar-refractivity contribution in [1.82, 2.24) is 20.5 Å². The van der Waals surface area contributed by atoms with Gasteiger partial charge < -0.3 is 15.0 Å².